The molecule has 0 heterocycles. The second-order valence-corrected chi connectivity index (χ2v) is 10.7. The molecule has 162 valence electrons. The second-order valence-electron chi connectivity index (χ2n) is 8.83. The van der Waals surface area contributed by atoms with Gasteiger partial charge in [-0.25, -0.2) is 17.5 Å². The largest absolute Gasteiger partial charge is 0.319 e. The van der Waals surface area contributed by atoms with Gasteiger partial charge >= 0.3 is 0 Å². The minimum Gasteiger partial charge on any atom is -0.319 e. The lowest BCUT2D eigenvalue weighted by Crippen LogP contribution is -2.29. The average Bonchev–Trinajstić information content (AvgIpc) is 3.45. The molecule has 2 N–H and O–H groups in total. The van der Waals surface area contributed by atoms with E-state index < -0.39 is 10.0 Å². The van der Waals surface area contributed by atoms with Crippen LogP contribution in [0.3, 0.4) is 0 Å². The van der Waals surface area contributed by atoms with Crippen molar-refractivity contribution in [3.8, 4) is 0 Å². The van der Waals surface area contributed by atoms with Gasteiger partial charge in [-0.3, -0.25) is 0 Å². The summed E-state index contributed by atoms with van der Waals surface area (Å²) in [6, 6.07) is 14.1. The summed E-state index contributed by atoms with van der Waals surface area (Å²) in [7, 11) is -1.30. The zero-order valence-corrected chi connectivity index (χ0v) is 18.3. The number of benzene rings is 2. The summed E-state index contributed by atoms with van der Waals surface area (Å²) in [5.41, 5.74) is 4.20. The Kier molecular flexibility index (Phi) is 6.56. The fourth-order valence-corrected chi connectivity index (χ4v) is 6.17. The highest BCUT2D eigenvalue weighted by Crippen LogP contribution is 2.41. The van der Waals surface area contributed by atoms with Gasteiger partial charge in [0.05, 0.1) is 5.75 Å². The Labute approximate surface area is 179 Å². The van der Waals surface area contributed by atoms with Crippen LogP contribution in [0, 0.1) is 17.7 Å². The lowest BCUT2D eigenvalue weighted by molar-refractivity contribution is 0.436. The highest BCUT2D eigenvalue weighted by atomic mass is 32.2. The van der Waals surface area contributed by atoms with Crippen LogP contribution in [-0.2, 0) is 29.3 Å². The van der Waals surface area contributed by atoms with Crippen molar-refractivity contribution in [3.63, 3.8) is 0 Å². The lowest BCUT2D eigenvalue weighted by Gasteiger charge is -2.21. The van der Waals surface area contributed by atoms with Crippen molar-refractivity contribution in [2.24, 2.45) is 11.8 Å². The SMILES string of the molecule is CNCC1Cc2cc(F)c(CCNS(=O)(=O)CC3CC3)cc2C1Cc1ccccc1. The van der Waals surface area contributed by atoms with Crippen LogP contribution in [0.2, 0.25) is 0 Å². The topological polar surface area (TPSA) is 58.2 Å². The Morgan fingerprint density at radius 2 is 1.90 bits per heavy atom. The molecule has 4 rings (SSSR count). The van der Waals surface area contributed by atoms with Crippen LogP contribution in [0.4, 0.5) is 4.39 Å². The zero-order chi connectivity index (χ0) is 21.1. The predicted octanol–water partition coefficient (Wildman–Crippen LogP) is 3.42. The summed E-state index contributed by atoms with van der Waals surface area (Å²) in [5.74, 6) is 1.04. The Morgan fingerprint density at radius 3 is 2.60 bits per heavy atom. The van der Waals surface area contributed by atoms with Gasteiger partial charge in [-0.1, -0.05) is 36.4 Å². The highest BCUT2D eigenvalue weighted by molar-refractivity contribution is 7.89. The van der Waals surface area contributed by atoms with Crippen LogP contribution in [0.25, 0.3) is 0 Å². The molecule has 0 spiro atoms. The van der Waals surface area contributed by atoms with Gasteiger partial charge in [-0.15, -0.1) is 0 Å². The third-order valence-electron chi connectivity index (χ3n) is 6.39. The zero-order valence-electron chi connectivity index (χ0n) is 17.5. The molecule has 0 radical (unpaired) electrons. The van der Waals surface area contributed by atoms with Gasteiger partial charge in [-0.2, -0.15) is 0 Å². The van der Waals surface area contributed by atoms with Gasteiger partial charge in [0, 0.05) is 6.54 Å². The first-order chi connectivity index (χ1) is 14.4. The molecule has 0 aliphatic heterocycles. The molecule has 2 aliphatic rings. The van der Waals surface area contributed by atoms with Crippen molar-refractivity contribution < 1.29 is 12.8 Å². The van der Waals surface area contributed by atoms with Crippen molar-refractivity contribution in [1.82, 2.24) is 10.0 Å². The number of halogens is 1. The van der Waals surface area contributed by atoms with Crippen molar-refractivity contribution in [1.29, 1.82) is 0 Å². The molecule has 0 saturated heterocycles. The van der Waals surface area contributed by atoms with Gasteiger partial charge in [-0.05, 0) is 91.8 Å². The van der Waals surface area contributed by atoms with E-state index in [-0.39, 0.29) is 18.1 Å². The van der Waals surface area contributed by atoms with E-state index in [0.717, 1.165) is 37.8 Å². The van der Waals surface area contributed by atoms with E-state index in [9.17, 15) is 12.8 Å². The fourth-order valence-electron chi connectivity index (χ4n) is 4.69. The molecule has 2 unspecified atom stereocenters. The average molecular weight is 431 g/mol. The summed E-state index contributed by atoms with van der Waals surface area (Å²) in [5, 5.41) is 3.29. The van der Waals surface area contributed by atoms with Gasteiger partial charge in [0.25, 0.3) is 0 Å². The molecule has 2 aromatic rings. The van der Waals surface area contributed by atoms with E-state index in [0.29, 0.717) is 29.7 Å². The molecule has 0 amide bonds. The van der Waals surface area contributed by atoms with Crippen LogP contribution in [-0.4, -0.2) is 34.3 Å². The molecule has 30 heavy (non-hydrogen) atoms. The van der Waals surface area contributed by atoms with Gasteiger partial charge < -0.3 is 5.32 Å². The number of nitrogens with one attached hydrogen (secondary N) is 2. The van der Waals surface area contributed by atoms with Crippen LogP contribution < -0.4 is 10.0 Å². The number of sulfonamides is 1. The van der Waals surface area contributed by atoms with Crippen LogP contribution in [0.5, 0.6) is 0 Å². The van der Waals surface area contributed by atoms with Crippen molar-refractivity contribution >= 4 is 10.0 Å². The molecule has 2 atom stereocenters. The molecule has 1 saturated carbocycles. The Hall–Kier alpha value is -1.76. The molecular formula is C24H31FN2O2S. The van der Waals surface area contributed by atoms with Gasteiger partial charge in [0.2, 0.25) is 10.0 Å². The summed E-state index contributed by atoms with van der Waals surface area (Å²) >= 11 is 0. The number of hydrogen-bond donors (Lipinski definition) is 2. The molecule has 2 aromatic carbocycles. The van der Waals surface area contributed by atoms with E-state index in [1.165, 1.54) is 11.1 Å². The van der Waals surface area contributed by atoms with Gasteiger partial charge in [0.1, 0.15) is 5.82 Å². The molecule has 0 bridgehead atoms. The first-order valence-electron chi connectivity index (χ1n) is 10.9. The summed E-state index contributed by atoms with van der Waals surface area (Å²) in [4.78, 5) is 0. The quantitative estimate of drug-likeness (QED) is 0.607. The van der Waals surface area contributed by atoms with Crippen molar-refractivity contribution in [3.05, 3.63) is 70.5 Å². The monoisotopic (exact) mass is 430 g/mol. The van der Waals surface area contributed by atoms with Crippen molar-refractivity contribution in [2.75, 3.05) is 25.9 Å². The maximum absolute atomic E-state index is 14.8. The maximum Gasteiger partial charge on any atom is 0.211 e. The number of fused-ring (bicyclic) bond motifs is 1. The second kappa shape index (κ2) is 9.16. The van der Waals surface area contributed by atoms with E-state index in [2.05, 4.69) is 34.3 Å². The fraction of sp³-hybridized carbons (Fsp3) is 0.500. The summed E-state index contributed by atoms with van der Waals surface area (Å²) in [6.45, 7) is 1.14. The Morgan fingerprint density at radius 1 is 1.13 bits per heavy atom. The minimum atomic E-state index is -3.26. The van der Waals surface area contributed by atoms with E-state index in [1.54, 1.807) is 6.07 Å². The highest BCUT2D eigenvalue weighted by Gasteiger charge is 2.33. The first kappa shape index (κ1) is 21.5. The first-order valence-corrected chi connectivity index (χ1v) is 12.6. The smallest absolute Gasteiger partial charge is 0.211 e. The van der Waals surface area contributed by atoms with Crippen LogP contribution in [0.15, 0.2) is 42.5 Å². The normalized spacial score (nSPS) is 21.0. The molecule has 2 aliphatic carbocycles. The number of rotatable bonds is 10. The maximum atomic E-state index is 14.8. The van der Waals surface area contributed by atoms with Crippen molar-refractivity contribution in [2.45, 2.75) is 38.0 Å². The molecule has 0 aromatic heterocycles. The Bertz CT molecular complexity index is 974. The third-order valence-corrected chi connectivity index (χ3v) is 7.95. The third kappa shape index (κ3) is 5.29. The minimum absolute atomic E-state index is 0.199. The summed E-state index contributed by atoms with van der Waals surface area (Å²) < 4.78 is 41.6. The lowest BCUT2D eigenvalue weighted by atomic mass is 9.86. The van der Waals surface area contributed by atoms with E-state index in [1.807, 2.05) is 19.2 Å². The summed E-state index contributed by atoms with van der Waals surface area (Å²) in [6.07, 6.45) is 4.17. The van der Waals surface area contributed by atoms with Crippen LogP contribution >= 0.6 is 0 Å². The molecule has 6 heteroatoms. The van der Waals surface area contributed by atoms with E-state index >= 15 is 0 Å². The predicted molar refractivity (Wildman–Crippen MR) is 119 cm³/mol. The van der Waals surface area contributed by atoms with Crippen LogP contribution in [0.1, 0.15) is 41.0 Å². The molecule has 1 fully saturated rings. The van der Waals surface area contributed by atoms with Gasteiger partial charge in [0.15, 0.2) is 0 Å². The standard InChI is InChI=1S/C24H31FN2O2S/c1-26-15-21-12-20-14-24(25)19(9-10-27-30(28,29)16-18-7-8-18)13-23(20)22(21)11-17-5-3-2-4-6-17/h2-6,13-14,18,21-22,26-27H,7-12,15-16H2,1H3. The Balaban J connectivity index is 1.49. The molecule has 4 nitrogen and oxygen atoms in total. The molecular weight excluding hydrogens is 399 g/mol. The number of hydrogen-bond acceptors (Lipinski definition) is 3. The van der Waals surface area contributed by atoms with E-state index in [4.69, 9.17) is 0 Å².